The molecule has 4 aromatic rings. The Hall–Kier alpha value is -4.16. The summed E-state index contributed by atoms with van der Waals surface area (Å²) < 4.78 is 47.0. The first-order valence-electron chi connectivity index (χ1n) is 11.3. The summed E-state index contributed by atoms with van der Waals surface area (Å²) in [6.07, 6.45) is 0.977. The number of aromatic nitrogens is 4. The van der Waals surface area contributed by atoms with Crippen molar-refractivity contribution in [1.29, 1.82) is 0 Å². The van der Waals surface area contributed by atoms with Crippen molar-refractivity contribution >= 4 is 28.6 Å². The Labute approximate surface area is 200 Å². The number of nitrogens with zero attached hydrogens (tertiary/aromatic N) is 3. The van der Waals surface area contributed by atoms with Crippen molar-refractivity contribution in [2.45, 2.75) is 38.2 Å². The minimum absolute atomic E-state index is 0.0600. The molecule has 188 valence electrons. The molecule has 0 saturated heterocycles. The largest absolute Gasteiger partial charge is 0.417 e. The molecule has 0 spiro atoms. The van der Waals surface area contributed by atoms with Gasteiger partial charge in [-0.15, -0.1) is 0 Å². The van der Waals surface area contributed by atoms with Crippen LogP contribution < -0.4 is 16.4 Å². The van der Waals surface area contributed by atoms with Gasteiger partial charge < -0.3 is 15.1 Å². The van der Waals surface area contributed by atoms with E-state index in [0.29, 0.717) is 16.7 Å². The third-order valence-electron chi connectivity index (χ3n) is 6.22. The Bertz CT molecular complexity index is 1520. The highest BCUT2D eigenvalue weighted by Crippen LogP contribution is 2.35. The van der Waals surface area contributed by atoms with Crippen LogP contribution in [0.4, 0.5) is 13.2 Å². The lowest BCUT2D eigenvalue weighted by Gasteiger charge is -2.28. The van der Waals surface area contributed by atoms with Crippen LogP contribution in [0.2, 0.25) is 0 Å². The molecule has 10 nitrogen and oxygen atoms in total. The van der Waals surface area contributed by atoms with Crippen LogP contribution in [0, 0.1) is 11.7 Å². The van der Waals surface area contributed by atoms with Crippen molar-refractivity contribution in [3.63, 3.8) is 0 Å². The number of fused-ring (bicyclic) bond motifs is 2. The van der Waals surface area contributed by atoms with Gasteiger partial charge in [-0.25, -0.2) is 27.5 Å². The summed E-state index contributed by atoms with van der Waals surface area (Å²) in [4.78, 5) is 43.5. The van der Waals surface area contributed by atoms with E-state index in [0.717, 1.165) is 10.7 Å². The van der Waals surface area contributed by atoms with E-state index < -0.39 is 29.3 Å². The number of rotatable bonds is 6. The number of alkyl halides is 2. The molecule has 0 radical (unpaired) electrons. The Morgan fingerprint density at radius 3 is 2.72 bits per heavy atom. The van der Waals surface area contributed by atoms with Crippen LogP contribution in [0.25, 0.3) is 16.7 Å². The fourth-order valence-electron chi connectivity index (χ4n) is 4.23. The monoisotopic (exact) mass is 502 g/mol. The van der Waals surface area contributed by atoms with Gasteiger partial charge >= 0.3 is 5.76 Å². The molecular weight excluding hydrogens is 481 g/mol. The summed E-state index contributed by atoms with van der Waals surface area (Å²) >= 11 is 0. The maximum absolute atomic E-state index is 14.3. The van der Waals surface area contributed by atoms with E-state index in [2.05, 4.69) is 25.7 Å². The zero-order valence-corrected chi connectivity index (χ0v) is 18.8. The second kappa shape index (κ2) is 9.13. The third kappa shape index (κ3) is 4.81. The van der Waals surface area contributed by atoms with E-state index in [-0.39, 0.29) is 61.7 Å². The van der Waals surface area contributed by atoms with Crippen LogP contribution in [0.3, 0.4) is 0 Å². The number of benzene rings is 1. The Balaban J connectivity index is 1.31. The van der Waals surface area contributed by atoms with Gasteiger partial charge in [0.25, 0.3) is 11.8 Å². The van der Waals surface area contributed by atoms with Gasteiger partial charge in [0.15, 0.2) is 17.0 Å². The first-order valence-corrected chi connectivity index (χ1v) is 11.3. The minimum atomic E-state index is -2.67. The van der Waals surface area contributed by atoms with E-state index in [9.17, 15) is 27.6 Å². The van der Waals surface area contributed by atoms with Crippen LogP contribution in [0.1, 0.15) is 52.2 Å². The van der Waals surface area contributed by atoms with Gasteiger partial charge in [0, 0.05) is 32.0 Å². The number of carbonyl (C=O) groups excluding carboxylic acids is 2. The Morgan fingerprint density at radius 1 is 1.17 bits per heavy atom. The smallest absolute Gasteiger partial charge is 0.408 e. The molecule has 0 unspecified atom stereocenters. The van der Waals surface area contributed by atoms with Gasteiger partial charge in [0.1, 0.15) is 11.4 Å². The molecule has 0 bridgehead atoms. The number of oxazole rings is 1. The fraction of sp³-hybridized carbons (Fsp3) is 0.348. The summed E-state index contributed by atoms with van der Waals surface area (Å²) in [7, 11) is 0. The van der Waals surface area contributed by atoms with E-state index in [1.165, 1.54) is 6.07 Å². The normalized spacial score (nSPS) is 15.9. The average Bonchev–Trinajstić information content (AvgIpc) is 3.42. The van der Waals surface area contributed by atoms with Crippen molar-refractivity contribution < 1.29 is 27.2 Å². The van der Waals surface area contributed by atoms with Crippen LogP contribution in [-0.2, 0) is 6.54 Å². The van der Waals surface area contributed by atoms with E-state index in [1.807, 2.05) is 0 Å². The second-order valence-electron chi connectivity index (χ2n) is 8.79. The van der Waals surface area contributed by atoms with Gasteiger partial charge in [-0.05, 0) is 36.5 Å². The molecule has 13 heteroatoms. The molecule has 0 atom stereocenters. The van der Waals surface area contributed by atoms with Crippen molar-refractivity contribution in [3.8, 4) is 0 Å². The quantitative estimate of drug-likeness (QED) is 0.371. The highest BCUT2D eigenvalue weighted by molar-refractivity contribution is 5.98. The van der Waals surface area contributed by atoms with E-state index >= 15 is 0 Å². The zero-order valence-electron chi connectivity index (χ0n) is 18.8. The molecule has 3 heterocycles. The fourth-order valence-corrected chi connectivity index (χ4v) is 4.23. The summed E-state index contributed by atoms with van der Waals surface area (Å²) in [5.74, 6) is -5.49. The molecule has 1 saturated carbocycles. The van der Waals surface area contributed by atoms with E-state index in [1.54, 1.807) is 18.2 Å². The zero-order chi connectivity index (χ0) is 25.4. The van der Waals surface area contributed by atoms with Crippen LogP contribution in [0.15, 0.2) is 39.7 Å². The molecule has 1 aromatic carbocycles. The number of H-pyrrole nitrogens is 1. The van der Waals surface area contributed by atoms with Gasteiger partial charge in [0.2, 0.25) is 5.92 Å². The number of carbonyl (C=O) groups is 2. The molecule has 1 fully saturated rings. The second-order valence-corrected chi connectivity index (χ2v) is 8.79. The molecule has 3 aromatic heterocycles. The molecule has 5 rings (SSSR count). The standard InChI is InChI=1S/C23H21F3N6O4/c24-14-11-29-32-17(21(34)28-9-12-3-5-23(25,26)6-4-12)8-16(30-19(14)32)20(33)27-10-13-1-2-18-15(7-13)31-22(35)36-18/h1-2,7-8,11-12H,3-6,9-10H2,(H,27,33)(H,28,34)(H,31,35). The van der Waals surface area contributed by atoms with Crippen molar-refractivity contribution in [2.75, 3.05) is 6.54 Å². The summed E-state index contributed by atoms with van der Waals surface area (Å²) in [6, 6.07) is 6.06. The lowest BCUT2D eigenvalue weighted by molar-refractivity contribution is -0.0452. The molecule has 2 amide bonds. The number of halogens is 3. The van der Waals surface area contributed by atoms with Crippen LogP contribution in [-0.4, -0.2) is 43.9 Å². The number of hydrogen-bond acceptors (Lipinski definition) is 6. The molecule has 1 aliphatic rings. The molecule has 36 heavy (non-hydrogen) atoms. The molecule has 3 N–H and O–H groups in total. The van der Waals surface area contributed by atoms with Crippen molar-refractivity contribution in [2.24, 2.45) is 5.92 Å². The van der Waals surface area contributed by atoms with Gasteiger partial charge in [-0.1, -0.05) is 6.07 Å². The predicted molar refractivity (Wildman–Crippen MR) is 120 cm³/mol. The van der Waals surface area contributed by atoms with Crippen LogP contribution >= 0.6 is 0 Å². The average molecular weight is 502 g/mol. The summed E-state index contributed by atoms with van der Waals surface area (Å²) in [5.41, 5.74) is 0.863. The minimum Gasteiger partial charge on any atom is -0.408 e. The maximum atomic E-state index is 14.3. The molecule has 1 aliphatic carbocycles. The first kappa shape index (κ1) is 23.6. The van der Waals surface area contributed by atoms with Gasteiger partial charge in [-0.2, -0.15) is 5.10 Å². The maximum Gasteiger partial charge on any atom is 0.417 e. The Morgan fingerprint density at radius 2 is 1.94 bits per heavy atom. The van der Waals surface area contributed by atoms with Gasteiger partial charge in [-0.3, -0.25) is 14.6 Å². The molecular formula is C23H21F3N6O4. The topological polar surface area (TPSA) is 134 Å². The number of aromatic amines is 1. The highest BCUT2D eigenvalue weighted by Gasteiger charge is 2.35. The summed E-state index contributed by atoms with van der Waals surface area (Å²) in [5, 5.41) is 9.15. The van der Waals surface area contributed by atoms with Crippen molar-refractivity contribution in [3.05, 3.63) is 63.8 Å². The van der Waals surface area contributed by atoms with Gasteiger partial charge in [0.05, 0.1) is 11.7 Å². The SMILES string of the molecule is O=C(NCc1ccc2oc(=O)[nH]c2c1)c1cc(C(=O)NCC2CCC(F)(F)CC2)n2ncc(F)c2n1. The predicted octanol–water partition coefficient (Wildman–Crippen LogP) is 2.79. The number of amides is 2. The molecule has 0 aliphatic heterocycles. The Kier molecular flexibility index (Phi) is 5.98. The third-order valence-corrected chi connectivity index (χ3v) is 6.22. The summed E-state index contributed by atoms with van der Waals surface area (Å²) in [6.45, 7) is 0.229. The number of hydrogen-bond donors (Lipinski definition) is 3. The lowest BCUT2D eigenvalue weighted by Crippen LogP contribution is -2.35. The number of nitrogens with one attached hydrogen (secondary N) is 3. The van der Waals surface area contributed by atoms with Crippen LogP contribution in [0.5, 0.6) is 0 Å². The van der Waals surface area contributed by atoms with Crippen molar-refractivity contribution in [1.82, 2.24) is 30.2 Å². The van der Waals surface area contributed by atoms with E-state index in [4.69, 9.17) is 4.42 Å². The highest BCUT2D eigenvalue weighted by atomic mass is 19.3. The lowest BCUT2D eigenvalue weighted by atomic mass is 9.87. The first-order chi connectivity index (χ1) is 17.2.